The maximum Gasteiger partial charge on any atom is 0.422 e. The Morgan fingerprint density at radius 1 is 1.50 bits per heavy atom. The van der Waals surface area contributed by atoms with E-state index in [-0.39, 0.29) is 0 Å². The van der Waals surface area contributed by atoms with Crippen LogP contribution in [-0.4, -0.2) is 22.3 Å². The highest BCUT2D eigenvalue weighted by atomic mass is 35.5. The second kappa shape index (κ2) is 5.27. The molecular formula is C12H13ClN2O3. The van der Waals surface area contributed by atoms with E-state index in [1.807, 2.05) is 6.92 Å². The molecule has 18 heavy (non-hydrogen) atoms. The van der Waals surface area contributed by atoms with Gasteiger partial charge in [-0.3, -0.25) is 0 Å². The number of imidazole rings is 1. The molecule has 0 bridgehead atoms. The normalized spacial score (nSPS) is 10.8. The third-order valence-corrected chi connectivity index (χ3v) is 2.79. The van der Waals surface area contributed by atoms with Gasteiger partial charge in [0.1, 0.15) is 0 Å². The van der Waals surface area contributed by atoms with E-state index < -0.39 is 11.8 Å². The molecule has 0 radical (unpaired) electrons. The van der Waals surface area contributed by atoms with Gasteiger partial charge in [0.05, 0.1) is 17.6 Å². The maximum atomic E-state index is 11.8. The van der Waals surface area contributed by atoms with Crippen LogP contribution in [0.4, 0.5) is 4.79 Å². The molecule has 2 rings (SSSR count). The molecule has 0 fully saturated rings. The van der Waals surface area contributed by atoms with Crippen molar-refractivity contribution in [2.24, 2.45) is 0 Å². The number of halogens is 1. The Kier molecular flexibility index (Phi) is 3.72. The summed E-state index contributed by atoms with van der Waals surface area (Å²) in [5.74, 6) is 0. The van der Waals surface area contributed by atoms with Crippen molar-refractivity contribution in [2.75, 3.05) is 6.61 Å². The molecule has 0 aliphatic heterocycles. The molecular weight excluding hydrogens is 256 g/mol. The highest BCUT2D eigenvalue weighted by Gasteiger charge is 2.15. The second-order valence-corrected chi connectivity index (χ2v) is 4.33. The quantitative estimate of drug-likeness (QED) is 0.871. The van der Waals surface area contributed by atoms with Crippen LogP contribution in [0.3, 0.4) is 0 Å². The van der Waals surface area contributed by atoms with Crippen LogP contribution >= 0.6 is 11.6 Å². The number of ether oxygens (including phenoxy) is 1. The van der Waals surface area contributed by atoms with E-state index >= 15 is 0 Å². The molecule has 0 aliphatic carbocycles. The average Bonchev–Trinajstić information content (AvgIpc) is 2.64. The van der Waals surface area contributed by atoms with Crippen LogP contribution in [0.2, 0.25) is 5.02 Å². The van der Waals surface area contributed by atoms with Crippen molar-refractivity contribution in [1.82, 2.24) is 9.55 Å². The van der Waals surface area contributed by atoms with E-state index in [2.05, 4.69) is 4.98 Å². The fourth-order valence-corrected chi connectivity index (χ4v) is 1.79. The van der Waals surface area contributed by atoms with Crippen molar-refractivity contribution in [3.8, 4) is 0 Å². The number of carbonyl (C=O) groups is 1. The van der Waals surface area contributed by atoms with Gasteiger partial charge in [-0.15, -0.1) is 0 Å². The van der Waals surface area contributed by atoms with Crippen LogP contribution in [0.5, 0.6) is 0 Å². The molecule has 0 atom stereocenters. The summed E-state index contributed by atoms with van der Waals surface area (Å²) < 4.78 is 5.97. The van der Waals surface area contributed by atoms with Crippen molar-refractivity contribution < 1.29 is 9.53 Å². The van der Waals surface area contributed by atoms with Crippen LogP contribution in [0.25, 0.3) is 11.0 Å². The van der Waals surface area contributed by atoms with Crippen molar-refractivity contribution in [1.29, 1.82) is 0 Å². The van der Waals surface area contributed by atoms with Gasteiger partial charge in [-0.1, -0.05) is 24.9 Å². The third kappa shape index (κ3) is 2.41. The average molecular weight is 269 g/mol. The Balaban J connectivity index is 2.37. The van der Waals surface area contributed by atoms with Gasteiger partial charge in [0.25, 0.3) is 0 Å². The van der Waals surface area contributed by atoms with Gasteiger partial charge in [-0.05, 0) is 24.6 Å². The number of hydrogen-bond acceptors (Lipinski definition) is 3. The number of nitrogens with zero attached hydrogens (tertiary/aromatic N) is 1. The van der Waals surface area contributed by atoms with Crippen LogP contribution in [-0.2, 0) is 4.74 Å². The first kappa shape index (κ1) is 12.7. The summed E-state index contributed by atoms with van der Waals surface area (Å²) in [5, 5.41) is 0.455. The van der Waals surface area contributed by atoms with Crippen molar-refractivity contribution >= 4 is 28.7 Å². The summed E-state index contributed by atoms with van der Waals surface area (Å²) in [6.07, 6.45) is 1.01. The molecule has 1 heterocycles. The number of rotatable bonds is 3. The molecule has 6 heteroatoms. The lowest BCUT2D eigenvalue weighted by atomic mass is 10.3. The van der Waals surface area contributed by atoms with Crippen LogP contribution < -0.4 is 5.69 Å². The SMILES string of the molecule is CCCCOC(=O)n1c(=O)[nH]c2ccc(Cl)cc21. The smallest absolute Gasteiger partial charge is 0.422 e. The van der Waals surface area contributed by atoms with Gasteiger partial charge in [-0.2, -0.15) is 4.57 Å². The van der Waals surface area contributed by atoms with Gasteiger partial charge < -0.3 is 9.72 Å². The summed E-state index contributed by atoms with van der Waals surface area (Å²) >= 11 is 5.85. The molecule has 96 valence electrons. The second-order valence-electron chi connectivity index (χ2n) is 3.89. The maximum absolute atomic E-state index is 11.8. The van der Waals surface area contributed by atoms with Crippen molar-refractivity contribution in [2.45, 2.75) is 19.8 Å². The fraction of sp³-hybridized carbons (Fsp3) is 0.333. The Labute approximate surface area is 108 Å². The van der Waals surface area contributed by atoms with Crippen LogP contribution in [0.15, 0.2) is 23.0 Å². The number of H-pyrrole nitrogens is 1. The minimum atomic E-state index is -0.679. The zero-order valence-electron chi connectivity index (χ0n) is 9.90. The summed E-state index contributed by atoms with van der Waals surface area (Å²) in [6, 6.07) is 4.84. The molecule has 0 unspecified atom stereocenters. The Morgan fingerprint density at radius 3 is 3.00 bits per heavy atom. The van der Waals surface area contributed by atoms with E-state index in [1.54, 1.807) is 18.2 Å². The van der Waals surface area contributed by atoms with Gasteiger partial charge in [0.15, 0.2) is 0 Å². The predicted octanol–water partition coefficient (Wildman–Crippen LogP) is 2.77. The molecule has 1 aromatic heterocycles. The fourth-order valence-electron chi connectivity index (χ4n) is 1.63. The predicted molar refractivity (Wildman–Crippen MR) is 69.2 cm³/mol. The standard InChI is InChI=1S/C12H13ClN2O3/c1-2-3-6-18-12(17)15-10-7-8(13)4-5-9(10)14-11(15)16/h4-5,7H,2-3,6H2,1H3,(H,14,16). The minimum Gasteiger partial charge on any atom is -0.449 e. The molecule has 0 spiro atoms. The molecule has 2 aromatic rings. The lowest BCUT2D eigenvalue weighted by Gasteiger charge is -2.04. The zero-order valence-corrected chi connectivity index (χ0v) is 10.7. The van der Waals surface area contributed by atoms with E-state index in [9.17, 15) is 9.59 Å². The first-order valence-electron chi connectivity index (χ1n) is 5.71. The Hall–Kier alpha value is -1.75. The van der Waals surface area contributed by atoms with E-state index in [0.717, 1.165) is 17.4 Å². The largest absolute Gasteiger partial charge is 0.449 e. The number of fused-ring (bicyclic) bond motifs is 1. The van der Waals surface area contributed by atoms with Crippen molar-refractivity contribution in [3.05, 3.63) is 33.7 Å². The zero-order chi connectivity index (χ0) is 13.1. The number of aromatic amines is 1. The summed E-state index contributed by atoms with van der Waals surface area (Å²) in [7, 11) is 0. The number of aromatic nitrogens is 2. The molecule has 1 N–H and O–H groups in total. The number of unbranched alkanes of at least 4 members (excludes halogenated alkanes) is 1. The molecule has 1 aromatic carbocycles. The summed E-state index contributed by atoms with van der Waals surface area (Å²) in [4.78, 5) is 26.1. The van der Waals surface area contributed by atoms with Crippen LogP contribution in [0, 0.1) is 0 Å². The molecule has 0 saturated heterocycles. The van der Waals surface area contributed by atoms with E-state index in [1.165, 1.54) is 0 Å². The first-order valence-corrected chi connectivity index (χ1v) is 6.08. The Bertz CT molecular complexity index is 630. The monoisotopic (exact) mass is 268 g/mol. The summed E-state index contributed by atoms with van der Waals surface area (Å²) in [5.41, 5.74) is 0.458. The van der Waals surface area contributed by atoms with Gasteiger partial charge in [-0.25, -0.2) is 9.59 Å². The lowest BCUT2D eigenvalue weighted by Crippen LogP contribution is -2.25. The lowest BCUT2D eigenvalue weighted by molar-refractivity contribution is 0.146. The first-order chi connectivity index (χ1) is 8.63. The highest BCUT2D eigenvalue weighted by Crippen LogP contribution is 2.16. The topological polar surface area (TPSA) is 64.1 Å². The minimum absolute atomic E-state index is 0.301. The molecule has 0 amide bonds. The van der Waals surface area contributed by atoms with Gasteiger partial charge in [0, 0.05) is 5.02 Å². The number of carbonyl (C=O) groups excluding carboxylic acids is 1. The third-order valence-electron chi connectivity index (χ3n) is 2.55. The number of hydrogen-bond donors (Lipinski definition) is 1. The molecule has 0 aliphatic rings. The van der Waals surface area contributed by atoms with E-state index in [4.69, 9.17) is 16.3 Å². The molecule has 5 nitrogen and oxygen atoms in total. The van der Waals surface area contributed by atoms with Crippen molar-refractivity contribution in [3.63, 3.8) is 0 Å². The number of nitrogens with one attached hydrogen (secondary N) is 1. The van der Waals surface area contributed by atoms with Gasteiger partial charge >= 0.3 is 11.8 Å². The highest BCUT2D eigenvalue weighted by molar-refractivity contribution is 6.31. The van der Waals surface area contributed by atoms with Crippen LogP contribution in [0.1, 0.15) is 19.8 Å². The van der Waals surface area contributed by atoms with Gasteiger partial charge in [0.2, 0.25) is 0 Å². The van der Waals surface area contributed by atoms with E-state index in [0.29, 0.717) is 22.7 Å². The number of benzene rings is 1. The summed E-state index contributed by atoms with van der Waals surface area (Å²) in [6.45, 7) is 2.29. The Morgan fingerprint density at radius 2 is 2.28 bits per heavy atom. The molecule has 0 saturated carbocycles.